The van der Waals surface area contributed by atoms with Gasteiger partial charge in [0.05, 0.1) is 11.7 Å². The Hall–Kier alpha value is -1.91. The van der Waals surface area contributed by atoms with Crippen molar-refractivity contribution < 1.29 is 14.6 Å². The van der Waals surface area contributed by atoms with Gasteiger partial charge in [0.2, 0.25) is 0 Å². The SMILES string of the molecule is CCO[C@H]1CCN(CC(C)(C)C)[C@H](c2ccc(C(=O)O)c3ccccc23)C1. The van der Waals surface area contributed by atoms with Crippen LogP contribution in [0.1, 0.15) is 62.5 Å². The number of rotatable bonds is 5. The summed E-state index contributed by atoms with van der Waals surface area (Å²) in [5.41, 5.74) is 1.78. The van der Waals surface area contributed by atoms with Gasteiger partial charge in [-0.2, -0.15) is 0 Å². The Morgan fingerprint density at radius 1 is 1.19 bits per heavy atom. The van der Waals surface area contributed by atoms with E-state index in [0.717, 1.165) is 43.3 Å². The van der Waals surface area contributed by atoms with Gasteiger partial charge in [-0.1, -0.05) is 51.1 Å². The zero-order chi connectivity index (χ0) is 19.6. The monoisotopic (exact) mass is 369 g/mol. The van der Waals surface area contributed by atoms with E-state index in [1.807, 2.05) is 31.2 Å². The average molecular weight is 370 g/mol. The van der Waals surface area contributed by atoms with Crippen molar-refractivity contribution in [1.29, 1.82) is 0 Å². The van der Waals surface area contributed by atoms with Gasteiger partial charge in [-0.3, -0.25) is 4.90 Å². The fraction of sp³-hybridized carbons (Fsp3) is 0.522. The molecule has 2 atom stereocenters. The molecule has 0 unspecified atom stereocenters. The lowest BCUT2D eigenvalue weighted by atomic mass is 9.86. The molecule has 146 valence electrons. The molecular weight excluding hydrogens is 338 g/mol. The number of aromatic carboxylic acids is 1. The summed E-state index contributed by atoms with van der Waals surface area (Å²) in [5, 5.41) is 11.4. The van der Waals surface area contributed by atoms with Crippen LogP contribution in [0.15, 0.2) is 36.4 Å². The first-order chi connectivity index (χ1) is 12.8. The van der Waals surface area contributed by atoms with E-state index in [0.29, 0.717) is 5.56 Å². The molecule has 1 aliphatic rings. The third-order valence-corrected chi connectivity index (χ3v) is 5.29. The minimum absolute atomic E-state index is 0.202. The van der Waals surface area contributed by atoms with Crippen molar-refractivity contribution in [3.8, 4) is 0 Å². The highest BCUT2D eigenvalue weighted by atomic mass is 16.5. The normalized spacial score (nSPS) is 21.5. The summed E-state index contributed by atoms with van der Waals surface area (Å²) in [4.78, 5) is 14.2. The molecule has 0 aromatic heterocycles. The summed E-state index contributed by atoms with van der Waals surface area (Å²) in [7, 11) is 0. The molecule has 4 heteroatoms. The van der Waals surface area contributed by atoms with Crippen LogP contribution in [-0.4, -0.2) is 41.8 Å². The van der Waals surface area contributed by atoms with Gasteiger partial charge in [-0.25, -0.2) is 4.79 Å². The van der Waals surface area contributed by atoms with Gasteiger partial charge in [0.25, 0.3) is 0 Å². The zero-order valence-corrected chi connectivity index (χ0v) is 16.9. The quantitative estimate of drug-likeness (QED) is 0.794. The summed E-state index contributed by atoms with van der Waals surface area (Å²) < 4.78 is 5.97. The third kappa shape index (κ3) is 4.50. The van der Waals surface area contributed by atoms with Gasteiger partial charge < -0.3 is 9.84 Å². The third-order valence-electron chi connectivity index (χ3n) is 5.29. The highest BCUT2D eigenvalue weighted by Gasteiger charge is 2.33. The van der Waals surface area contributed by atoms with Gasteiger partial charge >= 0.3 is 5.97 Å². The number of ether oxygens (including phenoxy) is 1. The molecular formula is C23H31NO3. The number of hydrogen-bond donors (Lipinski definition) is 1. The van der Waals surface area contributed by atoms with E-state index in [4.69, 9.17) is 4.74 Å². The molecule has 1 aliphatic heterocycles. The van der Waals surface area contributed by atoms with Crippen molar-refractivity contribution in [2.45, 2.75) is 52.7 Å². The molecule has 1 heterocycles. The van der Waals surface area contributed by atoms with E-state index in [2.05, 4.69) is 31.7 Å². The summed E-state index contributed by atoms with van der Waals surface area (Å²) in [6, 6.07) is 11.9. The number of likely N-dealkylation sites (tertiary alicyclic amines) is 1. The second-order valence-corrected chi connectivity index (χ2v) is 8.70. The smallest absolute Gasteiger partial charge is 0.336 e. The van der Waals surface area contributed by atoms with Crippen LogP contribution in [0.2, 0.25) is 0 Å². The minimum atomic E-state index is -0.875. The van der Waals surface area contributed by atoms with E-state index >= 15 is 0 Å². The van der Waals surface area contributed by atoms with Crippen LogP contribution in [0.4, 0.5) is 0 Å². The molecule has 0 spiro atoms. The maximum absolute atomic E-state index is 11.7. The molecule has 1 saturated heterocycles. The molecule has 0 amide bonds. The summed E-state index contributed by atoms with van der Waals surface area (Å²) in [6.07, 6.45) is 2.25. The molecule has 0 radical (unpaired) electrons. The van der Waals surface area contributed by atoms with Crippen LogP contribution in [0, 0.1) is 5.41 Å². The van der Waals surface area contributed by atoms with E-state index in [1.54, 1.807) is 6.07 Å². The first-order valence-electron chi connectivity index (χ1n) is 9.90. The second-order valence-electron chi connectivity index (χ2n) is 8.70. The Balaban J connectivity index is 2.06. The first kappa shape index (κ1) is 19.8. The second kappa shape index (κ2) is 7.99. The summed E-state index contributed by atoms with van der Waals surface area (Å²) >= 11 is 0. The lowest BCUT2D eigenvalue weighted by Gasteiger charge is -2.43. The predicted octanol–water partition coefficient (Wildman–Crippen LogP) is 5.13. The molecule has 0 bridgehead atoms. The average Bonchev–Trinajstić information content (AvgIpc) is 2.61. The fourth-order valence-electron chi connectivity index (χ4n) is 4.29. The van der Waals surface area contributed by atoms with Crippen molar-refractivity contribution in [1.82, 2.24) is 4.90 Å². The van der Waals surface area contributed by atoms with Crippen LogP contribution in [0.3, 0.4) is 0 Å². The van der Waals surface area contributed by atoms with Gasteiger partial charge in [0.1, 0.15) is 0 Å². The van der Waals surface area contributed by atoms with Crippen molar-refractivity contribution in [3.63, 3.8) is 0 Å². The van der Waals surface area contributed by atoms with E-state index in [-0.39, 0.29) is 17.6 Å². The van der Waals surface area contributed by atoms with E-state index in [9.17, 15) is 9.90 Å². The Kier molecular flexibility index (Phi) is 5.87. The number of nitrogens with zero attached hydrogens (tertiary/aromatic N) is 1. The Labute approximate surface area is 162 Å². The van der Waals surface area contributed by atoms with Crippen LogP contribution >= 0.6 is 0 Å². The highest BCUT2D eigenvalue weighted by molar-refractivity contribution is 6.04. The van der Waals surface area contributed by atoms with Crippen molar-refractivity contribution in [3.05, 3.63) is 47.5 Å². The number of carboxylic acid groups (broad SMARTS) is 1. The molecule has 1 N–H and O–H groups in total. The standard InChI is InChI=1S/C23H31NO3/c1-5-27-16-12-13-24(15-23(2,3)4)21(14-16)19-10-11-20(22(25)26)18-9-7-6-8-17(18)19/h6-11,16,21H,5,12-15H2,1-4H3,(H,25,26)/t16-,21-/m0/s1. The molecule has 0 aliphatic carbocycles. The molecule has 3 rings (SSSR count). The minimum Gasteiger partial charge on any atom is -0.478 e. The Morgan fingerprint density at radius 2 is 1.89 bits per heavy atom. The largest absolute Gasteiger partial charge is 0.478 e. The first-order valence-corrected chi connectivity index (χ1v) is 9.90. The highest BCUT2D eigenvalue weighted by Crippen LogP contribution is 2.38. The topological polar surface area (TPSA) is 49.8 Å². The van der Waals surface area contributed by atoms with Crippen molar-refractivity contribution in [2.24, 2.45) is 5.41 Å². The van der Waals surface area contributed by atoms with E-state index < -0.39 is 5.97 Å². The van der Waals surface area contributed by atoms with Crippen molar-refractivity contribution in [2.75, 3.05) is 19.7 Å². The number of benzene rings is 2. The predicted molar refractivity (Wildman–Crippen MR) is 109 cm³/mol. The number of piperidine rings is 1. The Bertz CT molecular complexity index is 809. The number of fused-ring (bicyclic) bond motifs is 1. The molecule has 2 aromatic carbocycles. The van der Waals surface area contributed by atoms with Crippen LogP contribution in [0.25, 0.3) is 10.8 Å². The van der Waals surface area contributed by atoms with Crippen LogP contribution in [0.5, 0.6) is 0 Å². The molecule has 1 fully saturated rings. The number of carboxylic acids is 1. The van der Waals surface area contributed by atoms with Gasteiger partial charge in [-0.05, 0) is 47.6 Å². The summed E-state index contributed by atoms with van der Waals surface area (Å²) in [5.74, 6) is -0.875. The summed E-state index contributed by atoms with van der Waals surface area (Å²) in [6.45, 7) is 11.6. The molecule has 27 heavy (non-hydrogen) atoms. The van der Waals surface area contributed by atoms with Gasteiger partial charge in [0, 0.05) is 25.7 Å². The lowest BCUT2D eigenvalue weighted by Crippen LogP contribution is -2.43. The molecule has 4 nitrogen and oxygen atoms in total. The lowest BCUT2D eigenvalue weighted by molar-refractivity contribution is -0.0194. The molecule has 2 aromatic rings. The van der Waals surface area contributed by atoms with Gasteiger partial charge in [-0.15, -0.1) is 0 Å². The number of hydrogen-bond acceptors (Lipinski definition) is 3. The van der Waals surface area contributed by atoms with Gasteiger partial charge in [0.15, 0.2) is 0 Å². The fourth-order valence-corrected chi connectivity index (χ4v) is 4.29. The Morgan fingerprint density at radius 3 is 2.52 bits per heavy atom. The maximum Gasteiger partial charge on any atom is 0.336 e. The van der Waals surface area contributed by atoms with Crippen LogP contribution < -0.4 is 0 Å². The number of carbonyl (C=O) groups is 1. The zero-order valence-electron chi connectivity index (χ0n) is 16.9. The van der Waals surface area contributed by atoms with Crippen molar-refractivity contribution >= 4 is 16.7 Å². The van der Waals surface area contributed by atoms with Crippen LogP contribution in [-0.2, 0) is 4.74 Å². The molecule has 0 saturated carbocycles. The maximum atomic E-state index is 11.7. The van der Waals surface area contributed by atoms with E-state index in [1.165, 1.54) is 5.56 Å².